The van der Waals surface area contributed by atoms with Crippen molar-refractivity contribution in [2.75, 3.05) is 19.8 Å². The third kappa shape index (κ3) is 3.90. The largest absolute Gasteiger partial charge is 0.381 e. The summed E-state index contributed by atoms with van der Waals surface area (Å²) in [6.07, 6.45) is 7.31. The average Bonchev–Trinajstić information content (AvgIpc) is 3.56. The second-order valence-corrected chi connectivity index (χ2v) is 9.68. The maximum Gasteiger partial charge on any atom is 0.270 e. The van der Waals surface area contributed by atoms with E-state index in [9.17, 15) is 9.18 Å². The first-order chi connectivity index (χ1) is 16.2. The molecule has 2 aliphatic heterocycles. The summed E-state index contributed by atoms with van der Waals surface area (Å²) in [6.45, 7) is 2.32. The van der Waals surface area contributed by atoms with Crippen LogP contribution in [-0.4, -0.2) is 46.1 Å². The molecule has 1 amide bonds. The van der Waals surface area contributed by atoms with Gasteiger partial charge in [0.2, 0.25) is 0 Å². The van der Waals surface area contributed by atoms with Crippen molar-refractivity contribution in [3.63, 3.8) is 0 Å². The number of pyridine rings is 1. The normalized spacial score (nSPS) is 19.5. The molecule has 2 aliphatic rings. The fourth-order valence-corrected chi connectivity index (χ4v) is 5.69. The molecular formula is C24H24FN5O2S. The number of hydrogen-bond donors (Lipinski definition) is 2. The minimum atomic E-state index is -0.263. The molecule has 1 unspecified atom stereocenters. The van der Waals surface area contributed by atoms with Crippen molar-refractivity contribution in [3.8, 4) is 11.3 Å². The van der Waals surface area contributed by atoms with Crippen molar-refractivity contribution in [1.29, 1.82) is 0 Å². The van der Waals surface area contributed by atoms with Crippen LogP contribution < -0.4 is 10.6 Å². The quantitative estimate of drug-likeness (QED) is 0.475. The minimum absolute atomic E-state index is 0.123. The first kappa shape index (κ1) is 20.7. The number of halogens is 1. The molecule has 6 rings (SSSR count). The Morgan fingerprint density at radius 1 is 1.24 bits per heavy atom. The van der Waals surface area contributed by atoms with Crippen LogP contribution in [0.2, 0.25) is 0 Å². The highest BCUT2D eigenvalue weighted by molar-refractivity contribution is 7.23. The van der Waals surface area contributed by atoms with Gasteiger partial charge >= 0.3 is 0 Å². The van der Waals surface area contributed by atoms with Gasteiger partial charge in [0.15, 0.2) is 4.96 Å². The molecule has 0 saturated carbocycles. The molecule has 1 atom stereocenters. The van der Waals surface area contributed by atoms with Gasteiger partial charge in [-0.3, -0.25) is 9.20 Å². The summed E-state index contributed by atoms with van der Waals surface area (Å²) in [5.41, 5.74) is 3.30. The van der Waals surface area contributed by atoms with E-state index < -0.39 is 0 Å². The van der Waals surface area contributed by atoms with Gasteiger partial charge in [0, 0.05) is 37.1 Å². The Labute approximate surface area is 194 Å². The zero-order chi connectivity index (χ0) is 22.4. The number of nitrogens with one attached hydrogen (secondary N) is 2. The Hall–Kier alpha value is -2.88. The number of carbonyl (C=O) groups is 1. The van der Waals surface area contributed by atoms with E-state index in [-0.39, 0.29) is 23.8 Å². The lowest BCUT2D eigenvalue weighted by Gasteiger charge is -2.22. The molecule has 5 heterocycles. The number of benzene rings is 1. The summed E-state index contributed by atoms with van der Waals surface area (Å²) in [7, 11) is 0. The molecule has 9 heteroatoms. The van der Waals surface area contributed by atoms with Crippen LogP contribution in [-0.2, 0) is 4.74 Å². The molecule has 7 nitrogen and oxygen atoms in total. The summed E-state index contributed by atoms with van der Waals surface area (Å²) in [5, 5.41) is 6.45. The molecule has 33 heavy (non-hydrogen) atoms. The highest BCUT2D eigenvalue weighted by Gasteiger charge is 2.21. The zero-order valence-corrected chi connectivity index (χ0v) is 18.8. The summed E-state index contributed by atoms with van der Waals surface area (Å²) in [4.78, 5) is 22.4. The topological polar surface area (TPSA) is 80.5 Å². The van der Waals surface area contributed by atoms with Crippen LogP contribution in [0.4, 0.5) is 4.39 Å². The number of carbonyl (C=O) groups excluding carboxylic acids is 1. The predicted molar refractivity (Wildman–Crippen MR) is 125 cm³/mol. The highest BCUT2D eigenvalue weighted by atomic mass is 32.1. The van der Waals surface area contributed by atoms with Gasteiger partial charge < -0.3 is 15.4 Å². The van der Waals surface area contributed by atoms with Crippen LogP contribution >= 0.6 is 11.3 Å². The summed E-state index contributed by atoms with van der Waals surface area (Å²) in [5.74, 6) is -0.434. The van der Waals surface area contributed by atoms with Crippen molar-refractivity contribution >= 4 is 32.4 Å². The predicted octanol–water partition coefficient (Wildman–Crippen LogP) is 4.08. The Morgan fingerprint density at radius 3 is 2.91 bits per heavy atom. The van der Waals surface area contributed by atoms with Gasteiger partial charge in [0.25, 0.3) is 5.91 Å². The Morgan fingerprint density at radius 2 is 2.12 bits per heavy atom. The first-order valence-electron chi connectivity index (χ1n) is 11.4. The third-order valence-electron chi connectivity index (χ3n) is 6.50. The van der Waals surface area contributed by atoms with Crippen molar-refractivity contribution < 1.29 is 13.9 Å². The lowest BCUT2D eigenvalue weighted by atomic mass is 10.0. The fraction of sp³-hybridized carbons (Fsp3) is 0.375. The zero-order valence-electron chi connectivity index (χ0n) is 18.0. The molecule has 1 aromatic carbocycles. The Balaban J connectivity index is 1.27. The van der Waals surface area contributed by atoms with E-state index in [4.69, 9.17) is 4.74 Å². The smallest absolute Gasteiger partial charge is 0.270 e. The van der Waals surface area contributed by atoms with E-state index in [0.717, 1.165) is 53.0 Å². The number of nitrogens with zero attached hydrogens (tertiary/aromatic N) is 3. The van der Waals surface area contributed by atoms with Crippen LogP contribution in [0, 0.1) is 5.82 Å². The molecule has 170 valence electrons. The number of amides is 1. The lowest BCUT2D eigenvalue weighted by molar-refractivity contribution is 0.0694. The second-order valence-electron chi connectivity index (χ2n) is 8.67. The number of hydrogen-bond acceptors (Lipinski definition) is 6. The average molecular weight is 466 g/mol. The number of aromatic nitrogens is 3. The molecule has 2 N–H and O–H groups in total. The summed E-state index contributed by atoms with van der Waals surface area (Å²) < 4.78 is 23.1. The van der Waals surface area contributed by atoms with Gasteiger partial charge in [-0.2, -0.15) is 0 Å². The number of thiazole rings is 1. The fourth-order valence-electron chi connectivity index (χ4n) is 4.68. The van der Waals surface area contributed by atoms with Crippen LogP contribution in [0.25, 0.3) is 26.4 Å². The van der Waals surface area contributed by atoms with E-state index in [2.05, 4.69) is 20.6 Å². The Kier molecular flexibility index (Phi) is 5.32. The molecule has 0 bridgehead atoms. The number of ether oxygens (including phenoxy) is 1. The molecule has 4 aromatic rings. The second kappa shape index (κ2) is 8.48. The number of rotatable bonds is 4. The van der Waals surface area contributed by atoms with E-state index >= 15 is 0 Å². The van der Waals surface area contributed by atoms with Crippen LogP contribution in [0.15, 0.2) is 36.7 Å². The monoisotopic (exact) mass is 465 g/mol. The highest BCUT2D eigenvalue weighted by Crippen LogP contribution is 2.32. The van der Waals surface area contributed by atoms with E-state index in [1.807, 2.05) is 22.7 Å². The summed E-state index contributed by atoms with van der Waals surface area (Å²) in [6, 6.07) is 7.57. The van der Waals surface area contributed by atoms with Gasteiger partial charge in [-0.1, -0.05) is 17.4 Å². The molecule has 0 spiro atoms. The molecule has 2 fully saturated rings. The van der Waals surface area contributed by atoms with Gasteiger partial charge in [-0.15, -0.1) is 0 Å². The van der Waals surface area contributed by atoms with E-state index in [0.29, 0.717) is 30.2 Å². The van der Waals surface area contributed by atoms with Crippen molar-refractivity contribution in [2.24, 2.45) is 0 Å². The number of fused-ring (bicyclic) bond motifs is 3. The standard InChI is InChI=1S/C24H24FN5O2S/c25-17-10-14(18-2-1-7-26-18)3-4-16(17)20-13-30-21-12-27-19(11-22(21)33-24(30)29-20)23(31)28-15-5-8-32-9-6-15/h3-4,10-13,15,18,26H,1-2,5-9H2,(H,28,31). The Bertz CT molecular complexity index is 1340. The molecular weight excluding hydrogens is 441 g/mol. The van der Waals surface area contributed by atoms with Crippen molar-refractivity contribution in [3.05, 3.63) is 53.7 Å². The van der Waals surface area contributed by atoms with Crippen molar-refractivity contribution in [1.82, 2.24) is 25.0 Å². The molecule has 2 saturated heterocycles. The maximum atomic E-state index is 14.9. The van der Waals surface area contributed by atoms with Crippen LogP contribution in [0.3, 0.4) is 0 Å². The van der Waals surface area contributed by atoms with Crippen LogP contribution in [0.5, 0.6) is 0 Å². The SMILES string of the molecule is O=C(NC1CCOCC1)c1cc2sc3nc(-c4ccc(C5CCCN5)cc4F)cn3c2cn1. The molecule has 3 aromatic heterocycles. The van der Waals surface area contributed by atoms with Gasteiger partial charge in [-0.05, 0) is 56.0 Å². The van der Waals surface area contributed by atoms with Gasteiger partial charge in [0.05, 0.1) is 22.1 Å². The van der Waals surface area contributed by atoms with Crippen molar-refractivity contribution in [2.45, 2.75) is 37.8 Å². The lowest BCUT2D eigenvalue weighted by Crippen LogP contribution is -2.39. The maximum absolute atomic E-state index is 14.9. The van der Waals surface area contributed by atoms with Gasteiger partial charge in [0.1, 0.15) is 11.5 Å². The summed E-state index contributed by atoms with van der Waals surface area (Å²) >= 11 is 1.46. The first-order valence-corrected chi connectivity index (χ1v) is 12.2. The minimum Gasteiger partial charge on any atom is -0.381 e. The molecule has 0 radical (unpaired) electrons. The molecule has 0 aliphatic carbocycles. The third-order valence-corrected chi connectivity index (χ3v) is 7.52. The van der Waals surface area contributed by atoms with E-state index in [1.165, 1.54) is 11.3 Å². The van der Waals surface area contributed by atoms with Crippen LogP contribution in [0.1, 0.15) is 47.8 Å². The van der Waals surface area contributed by atoms with E-state index in [1.54, 1.807) is 18.3 Å². The van der Waals surface area contributed by atoms with Gasteiger partial charge in [-0.25, -0.2) is 14.4 Å². The number of imidazole rings is 1.